The first-order valence-corrected chi connectivity index (χ1v) is 8.48. The molecule has 0 saturated carbocycles. The van der Waals surface area contributed by atoms with Gasteiger partial charge in [0.25, 0.3) is 0 Å². The number of rotatable bonds is 6. The number of nitrogens with one attached hydrogen (secondary N) is 1. The van der Waals surface area contributed by atoms with Crippen molar-refractivity contribution in [3.8, 4) is 6.07 Å². The van der Waals surface area contributed by atoms with Crippen molar-refractivity contribution in [2.45, 2.75) is 18.6 Å². The lowest BCUT2D eigenvalue weighted by molar-refractivity contribution is 0.307. The lowest BCUT2D eigenvalue weighted by atomic mass is 10.4. The Kier molecular flexibility index (Phi) is 6.27. The SMILES string of the molecule is CCC(C#N)S(=O)(=O)NCCN1CCSCC1. The summed E-state index contributed by atoms with van der Waals surface area (Å²) in [4.78, 5) is 2.24. The normalized spacial score (nSPS) is 19.8. The average Bonchev–Trinajstić information content (AvgIpc) is 2.31. The summed E-state index contributed by atoms with van der Waals surface area (Å²) in [6.45, 7) is 4.85. The van der Waals surface area contributed by atoms with E-state index < -0.39 is 15.3 Å². The summed E-state index contributed by atoms with van der Waals surface area (Å²) >= 11 is 1.93. The summed E-state index contributed by atoms with van der Waals surface area (Å²) in [6.07, 6.45) is 0.326. The molecule has 0 aromatic rings. The van der Waals surface area contributed by atoms with Crippen LogP contribution < -0.4 is 4.72 Å². The summed E-state index contributed by atoms with van der Waals surface area (Å²) in [5, 5.41) is 7.80. The van der Waals surface area contributed by atoms with E-state index in [1.165, 1.54) is 0 Å². The van der Waals surface area contributed by atoms with Gasteiger partial charge in [-0.05, 0) is 6.42 Å². The topological polar surface area (TPSA) is 73.2 Å². The standard InChI is InChI=1S/C10H19N3O2S2/c1-2-10(9-11)17(14,15)12-3-4-13-5-7-16-8-6-13/h10,12H,2-8H2,1H3. The third-order valence-corrected chi connectivity index (χ3v) is 5.46. The quantitative estimate of drug-likeness (QED) is 0.754. The van der Waals surface area contributed by atoms with E-state index in [1.54, 1.807) is 6.92 Å². The van der Waals surface area contributed by atoms with E-state index in [0.29, 0.717) is 13.0 Å². The third-order valence-electron chi connectivity index (χ3n) is 2.72. The molecule has 1 rings (SSSR count). The summed E-state index contributed by atoms with van der Waals surface area (Å²) < 4.78 is 25.9. The Morgan fingerprint density at radius 1 is 1.47 bits per heavy atom. The second-order valence-corrected chi connectivity index (χ2v) is 7.09. The van der Waals surface area contributed by atoms with Crippen molar-refractivity contribution >= 4 is 21.8 Å². The molecule has 0 radical (unpaired) electrons. The van der Waals surface area contributed by atoms with Crippen molar-refractivity contribution in [3.05, 3.63) is 0 Å². The molecule has 1 heterocycles. The molecule has 7 heteroatoms. The highest BCUT2D eigenvalue weighted by Crippen LogP contribution is 2.08. The largest absolute Gasteiger partial charge is 0.300 e. The Morgan fingerprint density at radius 2 is 2.12 bits per heavy atom. The molecule has 17 heavy (non-hydrogen) atoms. The van der Waals surface area contributed by atoms with Crippen LogP contribution in [0.15, 0.2) is 0 Å². The molecule has 1 N–H and O–H groups in total. The molecule has 0 bridgehead atoms. The minimum absolute atomic E-state index is 0.326. The van der Waals surface area contributed by atoms with E-state index in [0.717, 1.165) is 31.1 Å². The van der Waals surface area contributed by atoms with Gasteiger partial charge in [0.2, 0.25) is 10.0 Å². The van der Waals surface area contributed by atoms with Crippen molar-refractivity contribution in [2.24, 2.45) is 0 Å². The fourth-order valence-corrected chi connectivity index (χ4v) is 3.78. The molecule has 1 atom stereocenters. The fourth-order valence-electron chi connectivity index (χ4n) is 1.65. The van der Waals surface area contributed by atoms with Crippen molar-refractivity contribution in [1.82, 2.24) is 9.62 Å². The van der Waals surface area contributed by atoms with Crippen LogP contribution in [0.25, 0.3) is 0 Å². The van der Waals surface area contributed by atoms with Crippen LogP contribution in [0.4, 0.5) is 0 Å². The lowest BCUT2D eigenvalue weighted by Crippen LogP contribution is -2.41. The van der Waals surface area contributed by atoms with Crippen LogP contribution in [-0.2, 0) is 10.0 Å². The first-order valence-electron chi connectivity index (χ1n) is 5.78. The van der Waals surface area contributed by atoms with Crippen LogP contribution in [0.1, 0.15) is 13.3 Å². The van der Waals surface area contributed by atoms with Gasteiger partial charge in [-0.3, -0.25) is 0 Å². The Bertz CT molecular complexity index is 358. The van der Waals surface area contributed by atoms with Gasteiger partial charge in [-0.25, -0.2) is 13.1 Å². The number of nitriles is 1. The Labute approximate surface area is 108 Å². The van der Waals surface area contributed by atoms with Gasteiger partial charge in [-0.15, -0.1) is 0 Å². The average molecular weight is 277 g/mol. The molecule has 5 nitrogen and oxygen atoms in total. The number of sulfonamides is 1. The van der Waals surface area contributed by atoms with E-state index in [9.17, 15) is 8.42 Å². The third kappa shape index (κ3) is 4.84. The second kappa shape index (κ2) is 7.21. The molecule has 0 aromatic carbocycles. The Hall–Kier alpha value is -0.290. The van der Waals surface area contributed by atoms with Crippen LogP contribution in [0, 0.1) is 11.3 Å². The molecule has 1 aliphatic rings. The molecule has 1 aliphatic heterocycles. The van der Waals surface area contributed by atoms with E-state index in [1.807, 2.05) is 17.8 Å². The van der Waals surface area contributed by atoms with Crippen molar-refractivity contribution in [2.75, 3.05) is 37.7 Å². The zero-order valence-electron chi connectivity index (χ0n) is 10.1. The van der Waals surface area contributed by atoms with E-state index >= 15 is 0 Å². The van der Waals surface area contributed by atoms with Crippen LogP contribution in [0.3, 0.4) is 0 Å². The molecule has 0 amide bonds. The molecule has 0 aromatic heterocycles. The fraction of sp³-hybridized carbons (Fsp3) is 0.900. The van der Waals surface area contributed by atoms with E-state index in [2.05, 4.69) is 9.62 Å². The number of nitrogens with zero attached hydrogens (tertiary/aromatic N) is 2. The molecule has 1 fully saturated rings. The number of thioether (sulfide) groups is 1. The highest BCUT2D eigenvalue weighted by atomic mass is 32.2. The highest BCUT2D eigenvalue weighted by Gasteiger charge is 2.22. The second-order valence-electron chi connectivity index (χ2n) is 3.92. The van der Waals surface area contributed by atoms with Gasteiger partial charge < -0.3 is 4.90 Å². The molecule has 0 spiro atoms. The molecule has 98 valence electrons. The van der Waals surface area contributed by atoms with Crippen molar-refractivity contribution in [1.29, 1.82) is 5.26 Å². The van der Waals surface area contributed by atoms with Gasteiger partial charge in [0.05, 0.1) is 6.07 Å². The summed E-state index contributed by atoms with van der Waals surface area (Å²) in [5.41, 5.74) is 0. The van der Waals surface area contributed by atoms with Crippen LogP contribution in [-0.4, -0.2) is 56.3 Å². The summed E-state index contributed by atoms with van der Waals surface area (Å²) in [5.74, 6) is 2.23. The maximum Gasteiger partial charge on any atom is 0.228 e. The number of hydrogen-bond acceptors (Lipinski definition) is 5. The van der Waals surface area contributed by atoms with E-state index in [4.69, 9.17) is 5.26 Å². The van der Waals surface area contributed by atoms with Crippen LogP contribution >= 0.6 is 11.8 Å². The van der Waals surface area contributed by atoms with Gasteiger partial charge in [0.1, 0.15) is 0 Å². The zero-order valence-corrected chi connectivity index (χ0v) is 11.7. The van der Waals surface area contributed by atoms with Gasteiger partial charge >= 0.3 is 0 Å². The van der Waals surface area contributed by atoms with Crippen LogP contribution in [0.5, 0.6) is 0 Å². The van der Waals surface area contributed by atoms with Gasteiger partial charge in [-0.2, -0.15) is 17.0 Å². The molecule has 0 aliphatic carbocycles. The monoisotopic (exact) mass is 277 g/mol. The molecule has 1 unspecified atom stereocenters. The molecule has 1 saturated heterocycles. The maximum atomic E-state index is 11.7. The zero-order chi connectivity index (χ0) is 12.7. The Morgan fingerprint density at radius 3 is 2.65 bits per heavy atom. The predicted octanol–water partition coefficient (Wildman–Crippen LogP) is 0.257. The summed E-state index contributed by atoms with van der Waals surface area (Å²) in [7, 11) is -3.47. The van der Waals surface area contributed by atoms with Crippen LogP contribution in [0.2, 0.25) is 0 Å². The highest BCUT2D eigenvalue weighted by molar-refractivity contribution is 7.99. The van der Waals surface area contributed by atoms with Crippen molar-refractivity contribution in [3.63, 3.8) is 0 Å². The first-order chi connectivity index (χ1) is 8.10. The first kappa shape index (κ1) is 14.8. The smallest absolute Gasteiger partial charge is 0.228 e. The summed E-state index contributed by atoms with van der Waals surface area (Å²) in [6, 6.07) is 1.81. The van der Waals surface area contributed by atoms with Crippen molar-refractivity contribution < 1.29 is 8.42 Å². The molecular formula is C10H19N3O2S2. The lowest BCUT2D eigenvalue weighted by Gasteiger charge is -2.26. The number of hydrogen-bond donors (Lipinski definition) is 1. The van der Waals surface area contributed by atoms with Gasteiger partial charge in [-0.1, -0.05) is 6.92 Å². The molecular weight excluding hydrogens is 258 g/mol. The minimum Gasteiger partial charge on any atom is -0.300 e. The predicted molar refractivity (Wildman–Crippen MR) is 70.4 cm³/mol. The van der Waals surface area contributed by atoms with Gasteiger partial charge in [0, 0.05) is 37.7 Å². The Balaban J connectivity index is 2.32. The van der Waals surface area contributed by atoms with E-state index in [-0.39, 0.29) is 0 Å². The maximum absolute atomic E-state index is 11.7. The van der Waals surface area contributed by atoms with Gasteiger partial charge in [0.15, 0.2) is 5.25 Å². The minimum atomic E-state index is -3.47.